The van der Waals surface area contributed by atoms with Gasteiger partial charge in [-0.25, -0.2) is 9.97 Å². The summed E-state index contributed by atoms with van der Waals surface area (Å²) in [6, 6.07) is 9.65. The third-order valence-corrected chi connectivity index (χ3v) is 4.16. The third-order valence-electron chi connectivity index (χ3n) is 4.16. The van der Waals surface area contributed by atoms with Crippen LogP contribution in [0.15, 0.2) is 41.1 Å². The number of rotatable bonds is 7. The Morgan fingerprint density at radius 3 is 2.63 bits per heavy atom. The molecule has 0 atom stereocenters. The lowest BCUT2D eigenvalue weighted by Crippen LogP contribution is -2.31. The fourth-order valence-corrected chi connectivity index (χ4v) is 2.78. The first-order chi connectivity index (χ1) is 13.1. The van der Waals surface area contributed by atoms with Gasteiger partial charge in [-0.05, 0) is 20.3 Å². The molecule has 0 aliphatic carbocycles. The summed E-state index contributed by atoms with van der Waals surface area (Å²) in [4.78, 5) is 27.9. The van der Waals surface area contributed by atoms with Crippen LogP contribution >= 0.6 is 0 Å². The summed E-state index contributed by atoms with van der Waals surface area (Å²) in [6.07, 6.45) is 3.25. The van der Waals surface area contributed by atoms with Gasteiger partial charge in [0.1, 0.15) is 5.82 Å². The zero-order valence-corrected chi connectivity index (χ0v) is 15.8. The molecule has 0 radical (unpaired) electrons. The van der Waals surface area contributed by atoms with E-state index >= 15 is 0 Å². The van der Waals surface area contributed by atoms with Crippen molar-refractivity contribution in [1.29, 1.82) is 0 Å². The molecule has 0 saturated heterocycles. The second-order valence-corrected chi connectivity index (χ2v) is 6.22. The molecule has 27 heavy (non-hydrogen) atoms. The van der Waals surface area contributed by atoms with Crippen molar-refractivity contribution in [2.24, 2.45) is 0 Å². The Kier molecular flexibility index (Phi) is 5.90. The Bertz CT molecular complexity index is 908. The number of aromatic nitrogens is 4. The largest absolute Gasteiger partial charge is 0.339 e. The summed E-state index contributed by atoms with van der Waals surface area (Å²) in [5, 5.41) is 3.98. The summed E-state index contributed by atoms with van der Waals surface area (Å²) in [6.45, 7) is 6.58. The van der Waals surface area contributed by atoms with Crippen LogP contribution in [-0.2, 0) is 13.0 Å². The van der Waals surface area contributed by atoms with Crippen LogP contribution in [0.25, 0.3) is 11.3 Å². The van der Waals surface area contributed by atoms with Gasteiger partial charge in [0, 0.05) is 24.7 Å². The second-order valence-electron chi connectivity index (χ2n) is 6.22. The number of aryl methyl sites for hydroxylation is 2. The number of benzene rings is 1. The minimum atomic E-state index is -0.154. The van der Waals surface area contributed by atoms with Gasteiger partial charge in [-0.15, -0.1) is 0 Å². The third kappa shape index (κ3) is 4.36. The summed E-state index contributed by atoms with van der Waals surface area (Å²) in [7, 11) is 0. The standard InChI is InChI=1S/C20H23N5O2/c1-4-9-18-23-17(24-27-18)13-25(5-2)20(26)16-12-21-14(3)22-19(16)15-10-7-6-8-11-15/h6-8,10-12H,4-5,9,13H2,1-3H3. The normalized spacial score (nSPS) is 10.8. The van der Waals surface area contributed by atoms with Crippen molar-refractivity contribution in [3.63, 3.8) is 0 Å². The van der Waals surface area contributed by atoms with E-state index in [0.717, 1.165) is 18.4 Å². The molecule has 0 aliphatic rings. The van der Waals surface area contributed by atoms with Gasteiger partial charge in [-0.1, -0.05) is 42.4 Å². The molecule has 2 aromatic heterocycles. The quantitative estimate of drug-likeness (QED) is 0.637. The van der Waals surface area contributed by atoms with Crippen LogP contribution in [0.1, 0.15) is 48.2 Å². The number of amides is 1. The van der Waals surface area contributed by atoms with Gasteiger partial charge in [-0.2, -0.15) is 4.98 Å². The molecule has 0 unspecified atom stereocenters. The van der Waals surface area contributed by atoms with E-state index < -0.39 is 0 Å². The molecule has 0 N–H and O–H groups in total. The van der Waals surface area contributed by atoms with Crippen LogP contribution in [0.4, 0.5) is 0 Å². The van der Waals surface area contributed by atoms with Gasteiger partial charge in [0.2, 0.25) is 5.89 Å². The Morgan fingerprint density at radius 2 is 1.93 bits per heavy atom. The van der Waals surface area contributed by atoms with Gasteiger partial charge in [0.05, 0.1) is 17.8 Å². The highest BCUT2D eigenvalue weighted by molar-refractivity contribution is 5.99. The van der Waals surface area contributed by atoms with Crippen molar-refractivity contribution >= 4 is 5.91 Å². The topological polar surface area (TPSA) is 85.0 Å². The van der Waals surface area contributed by atoms with Crippen molar-refractivity contribution < 1.29 is 9.32 Å². The SMILES string of the molecule is CCCc1nc(CN(CC)C(=O)c2cnc(C)nc2-c2ccccc2)no1. The maximum absolute atomic E-state index is 13.2. The Labute approximate surface area is 158 Å². The molecular weight excluding hydrogens is 342 g/mol. The highest BCUT2D eigenvalue weighted by Gasteiger charge is 2.22. The van der Waals surface area contributed by atoms with Crippen molar-refractivity contribution in [2.75, 3.05) is 6.54 Å². The van der Waals surface area contributed by atoms with E-state index in [-0.39, 0.29) is 12.5 Å². The number of hydrogen-bond acceptors (Lipinski definition) is 6. The lowest BCUT2D eigenvalue weighted by molar-refractivity contribution is 0.0747. The first kappa shape index (κ1) is 18.7. The molecule has 3 rings (SSSR count). The molecule has 0 saturated carbocycles. The molecule has 1 amide bonds. The van der Waals surface area contributed by atoms with E-state index in [9.17, 15) is 4.79 Å². The molecule has 7 nitrogen and oxygen atoms in total. The van der Waals surface area contributed by atoms with Crippen molar-refractivity contribution in [3.8, 4) is 11.3 Å². The lowest BCUT2D eigenvalue weighted by atomic mass is 10.1. The highest BCUT2D eigenvalue weighted by atomic mass is 16.5. The van der Waals surface area contributed by atoms with E-state index in [2.05, 4.69) is 20.1 Å². The van der Waals surface area contributed by atoms with Crippen molar-refractivity contribution in [1.82, 2.24) is 25.0 Å². The predicted octanol–water partition coefficient (Wildman–Crippen LogP) is 3.45. The first-order valence-corrected chi connectivity index (χ1v) is 9.12. The fourth-order valence-electron chi connectivity index (χ4n) is 2.78. The monoisotopic (exact) mass is 365 g/mol. The molecule has 2 heterocycles. The molecule has 0 bridgehead atoms. The van der Waals surface area contributed by atoms with Crippen LogP contribution < -0.4 is 0 Å². The van der Waals surface area contributed by atoms with Crippen molar-refractivity contribution in [2.45, 2.75) is 40.2 Å². The van der Waals surface area contributed by atoms with Crippen LogP contribution in [0.3, 0.4) is 0 Å². The molecule has 0 spiro atoms. The molecule has 7 heteroatoms. The smallest absolute Gasteiger partial charge is 0.258 e. The van der Waals surface area contributed by atoms with E-state index in [4.69, 9.17) is 4.52 Å². The van der Waals surface area contributed by atoms with E-state index in [1.165, 1.54) is 0 Å². The Hall–Kier alpha value is -3.09. The van der Waals surface area contributed by atoms with Crippen LogP contribution in [-0.4, -0.2) is 37.5 Å². The molecule has 0 aliphatic heterocycles. The average Bonchev–Trinajstić information content (AvgIpc) is 3.13. The second kappa shape index (κ2) is 8.53. The minimum absolute atomic E-state index is 0.154. The molecular formula is C20H23N5O2. The number of hydrogen-bond donors (Lipinski definition) is 0. The molecule has 1 aromatic carbocycles. The maximum Gasteiger partial charge on any atom is 0.258 e. The fraction of sp³-hybridized carbons (Fsp3) is 0.350. The number of carbonyl (C=O) groups is 1. The summed E-state index contributed by atoms with van der Waals surface area (Å²) in [5.41, 5.74) is 1.98. The zero-order valence-electron chi connectivity index (χ0n) is 15.8. The van der Waals surface area contributed by atoms with Gasteiger partial charge in [-0.3, -0.25) is 4.79 Å². The molecule has 0 fully saturated rings. The first-order valence-electron chi connectivity index (χ1n) is 9.12. The van der Waals surface area contributed by atoms with E-state index in [1.807, 2.05) is 51.1 Å². The number of nitrogens with zero attached hydrogens (tertiary/aromatic N) is 5. The summed E-state index contributed by atoms with van der Waals surface area (Å²) >= 11 is 0. The van der Waals surface area contributed by atoms with Crippen LogP contribution in [0.2, 0.25) is 0 Å². The van der Waals surface area contributed by atoms with Gasteiger partial charge in [0.25, 0.3) is 5.91 Å². The molecule has 140 valence electrons. The lowest BCUT2D eigenvalue weighted by Gasteiger charge is -2.20. The molecule has 3 aromatic rings. The highest BCUT2D eigenvalue weighted by Crippen LogP contribution is 2.22. The Morgan fingerprint density at radius 1 is 1.15 bits per heavy atom. The van der Waals surface area contributed by atoms with Gasteiger partial charge < -0.3 is 9.42 Å². The van der Waals surface area contributed by atoms with E-state index in [1.54, 1.807) is 11.1 Å². The van der Waals surface area contributed by atoms with Crippen molar-refractivity contribution in [3.05, 3.63) is 59.6 Å². The van der Waals surface area contributed by atoms with Gasteiger partial charge >= 0.3 is 0 Å². The van der Waals surface area contributed by atoms with E-state index in [0.29, 0.717) is 35.3 Å². The number of carbonyl (C=O) groups excluding carboxylic acids is 1. The van der Waals surface area contributed by atoms with Crippen LogP contribution in [0.5, 0.6) is 0 Å². The maximum atomic E-state index is 13.2. The Balaban J connectivity index is 1.89. The van der Waals surface area contributed by atoms with Gasteiger partial charge in [0.15, 0.2) is 5.82 Å². The summed E-state index contributed by atoms with van der Waals surface area (Å²) < 4.78 is 5.22. The summed E-state index contributed by atoms with van der Waals surface area (Å²) in [5.74, 6) is 1.57. The average molecular weight is 365 g/mol. The van der Waals surface area contributed by atoms with Crippen LogP contribution in [0, 0.1) is 6.92 Å². The minimum Gasteiger partial charge on any atom is -0.339 e. The zero-order chi connectivity index (χ0) is 19.2. The predicted molar refractivity (Wildman–Crippen MR) is 101 cm³/mol.